The Morgan fingerprint density at radius 2 is 1.94 bits per heavy atom. The third kappa shape index (κ3) is 2.06. The number of aromatic nitrogens is 1. The molecular weight excluding hydrogens is 212 g/mol. The van der Waals surface area contributed by atoms with Crippen LogP contribution >= 0.6 is 0 Å². The van der Waals surface area contributed by atoms with E-state index in [2.05, 4.69) is 4.98 Å². The van der Waals surface area contributed by atoms with E-state index < -0.39 is 11.6 Å². The van der Waals surface area contributed by atoms with Crippen molar-refractivity contribution in [3.63, 3.8) is 0 Å². The molecule has 1 aromatic carbocycles. The maximum Gasteiger partial charge on any atom is 0.141 e. The summed E-state index contributed by atoms with van der Waals surface area (Å²) < 4.78 is 25.9. The van der Waals surface area contributed by atoms with E-state index in [9.17, 15) is 8.78 Å². The van der Waals surface area contributed by atoms with Gasteiger partial charge in [0, 0.05) is 11.1 Å². The first-order valence-electron chi connectivity index (χ1n) is 4.72. The first-order chi connectivity index (χ1) is 7.70. The van der Waals surface area contributed by atoms with Gasteiger partial charge in [-0.3, -0.25) is 4.98 Å². The molecule has 1 N–H and O–H groups in total. The minimum atomic E-state index is -0.524. The first-order valence-corrected chi connectivity index (χ1v) is 4.72. The maximum atomic E-state index is 13.0. The second-order valence-electron chi connectivity index (χ2n) is 3.33. The van der Waals surface area contributed by atoms with Crippen LogP contribution in [0.4, 0.5) is 8.78 Å². The van der Waals surface area contributed by atoms with Gasteiger partial charge in [0.1, 0.15) is 11.6 Å². The highest BCUT2D eigenvalue weighted by molar-refractivity contribution is 5.62. The maximum absolute atomic E-state index is 13.0. The van der Waals surface area contributed by atoms with Gasteiger partial charge in [-0.1, -0.05) is 12.1 Å². The van der Waals surface area contributed by atoms with Crippen molar-refractivity contribution in [3.8, 4) is 11.3 Å². The van der Waals surface area contributed by atoms with Gasteiger partial charge in [-0.05, 0) is 18.2 Å². The molecule has 82 valence electrons. The number of rotatable bonds is 2. The van der Waals surface area contributed by atoms with Gasteiger partial charge in [0.25, 0.3) is 0 Å². The zero-order valence-electron chi connectivity index (χ0n) is 8.32. The van der Waals surface area contributed by atoms with E-state index in [1.54, 1.807) is 6.07 Å². The molecule has 0 atom stereocenters. The van der Waals surface area contributed by atoms with E-state index >= 15 is 0 Å². The Bertz CT molecular complexity index is 514. The molecule has 0 aliphatic rings. The Morgan fingerprint density at radius 1 is 1.12 bits per heavy atom. The summed E-state index contributed by atoms with van der Waals surface area (Å²) in [5, 5.41) is 9.07. The van der Waals surface area contributed by atoms with Crippen molar-refractivity contribution in [2.75, 3.05) is 0 Å². The third-order valence-electron chi connectivity index (χ3n) is 2.20. The molecule has 2 aromatic rings. The van der Waals surface area contributed by atoms with Gasteiger partial charge in [0.05, 0.1) is 18.5 Å². The highest BCUT2D eigenvalue weighted by Gasteiger charge is 2.08. The van der Waals surface area contributed by atoms with Crippen molar-refractivity contribution in [2.45, 2.75) is 6.61 Å². The number of hydrogen-bond acceptors (Lipinski definition) is 2. The quantitative estimate of drug-likeness (QED) is 0.845. The minimum Gasteiger partial charge on any atom is -0.392 e. The van der Waals surface area contributed by atoms with Crippen LogP contribution in [-0.2, 0) is 6.61 Å². The Kier molecular flexibility index (Phi) is 2.92. The number of hydrogen-bond donors (Lipinski definition) is 1. The molecule has 0 fully saturated rings. The van der Waals surface area contributed by atoms with E-state index in [1.165, 1.54) is 24.3 Å². The molecule has 0 saturated carbocycles. The molecule has 0 radical (unpaired) electrons. The molecule has 1 aromatic heterocycles. The van der Waals surface area contributed by atoms with E-state index in [1.807, 2.05) is 0 Å². The summed E-state index contributed by atoms with van der Waals surface area (Å²) in [6, 6.07) is 6.98. The second kappa shape index (κ2) is 4.37. The molecule has 0 unspecified atom stereocenters. The summed E-state index contributed by atoms with van der Waals surface area (Å²) in [4.78, 5) is 3.86. The topological polar surface area (TPSA) is 33.1 Å². The Morgan fingerprint density at radius 3 is 2.62 bits per heavy atom. The summed E-state index contributed by atoms with van der Waals surface area (Å²) in [6.45, 7) is -0.337. The van der Waals surface area contributed by atoms with Gasteiger partial charge in [0.2, 0.25) is 0 Å². The van der Waals surface area contributed by atoms with Crippen molar-refractivity contribution in [1.29, 1.82) is 0 Å². The van der Waals surface area contributed by atoms with Crippen LogP contribution in [0.1, 0.15) is 5.56 Å². The molecule has 0 amide bonds. The standard InChI is InChI=1S/C12H9F2NO/c13-10-3-1-2-8(4-10)12-9(7-16)5-11(14)6-15-12/h1-6,16H,7H2. The number of halogens is 2. The summed E-state index contributed by atoms with van der Waals surface area (Å²) in [5.74, 6) is -0.920. The number of benzene rings is 1. The predicted molar refractivity (Wildman–Crippen MR) is 55.5 cm³/mol. The average Bonchev–Trinajstić information content (AvgIpc) is 2.28. The van der Waals surface area contributed by atoms with Crippen LogP contribution in [0.3, 0.4) is 0 Å². The lowest BCUT2D eigenvalue weighted by Gasteiger charge is -2.06. The zero-order chi connectivity index (χ0) is 11.5. The van der Waals surface area contributed by atoms with Crippen molar-refractivity contribution in [3.05, 3.63) is 53.7 Å². The largest absolute Gasteiger partial charge is 0.392 e. The summed E-state index contributed by atoms with van der Waals surface area (Å²) in [6.07, 6.45) is 1.04. The molecule has 0 aliphatic heterocycles. The predicted octanol–water partition coefficient (Wildman–Crippen LogP) is 2.52. The fourth-order valence-corrected chi connectivity index (χ4v) is 1.50. The van der Waals surface area contributed by atoms with Gasteiger partial charge in [-0.25, -0.2) is 8.78 Å². The fourth-order valence-electron chi connectivity index (χ4n) is 1.50. The van der Waals surface area contributed by atoms with Crippen molar-refractivity contribution in [2.24, 2.45) is 0 Å². The fraction of sp³-hybridized carbons (Fsp3) is 0.0833. The molecule has 16 heavy (non-hydrogen) atoms. The highest BCUT2D eigenvalue weighted by Crippen LogP contribution is 2.22. The molecule has 0 saturated heterocycles. The van der Waals surface area contributed by atoms with Crippen LogP contribution < -0.4 is 0 Å². The molecule has 0 spiro atoms. The Balaban J connectivity index is 2.55. The lowest BCUT2D eigenvalue weighted by Crippen LogP contribution is -1.95. The monoisotopic (exact) mass is 221 g/mol. The number of aliphatic hydroxyl groups excluding tert-OH is 1. The Hall–Kier alpha value is -1.81. The van der Waals surface area contributed by atoms with Gasteiger partial charge in [0.15, 0.2) is 0 Å². The lowest BCUT2D eigenvalue weighted by atomic mass is 10.1. The van der Waals surface area contributed by atoms with Crippen LogP contribution in [0, 0.1) is 11.6 Å². The summed E-state index contributed by atoms with van der Waals surface area (Å²) in [7, 11) is 0. The molecule has 0 bridgehead atoms. The molecule has 4 heteroatoms. The van der Waals surface area contributed by atoms with Crippen LogP contribution in [-0.4, -0.2) is 10.1 Å². The van der Waals surface area contributed by atoms with Gasteiger partial charge >= 0.3 is 0 Å². The van der Waals surface area contributed by atoms with Crippen molar-refractivity contribution >= 4 is 0 Å². The number of aliphatic hydroxyl groups is 1. The first kappa shape index (κ1) is 10.7. The van der Waals surface area contributed by atoms with Crippen LogP contribution in [0.5, 0.6) is 0 Å². The van der Waals surface area contributed by atoms with Gasteiger partial charge < -0.3 is 5.11 Å². The van der Waals surface area contributed by atoms with E-state index in [-0.39, 0.29) is 6.61 Å². The Labute approximate surface area is 91.2 Å². The van der Waals surface area contributed by atoms with E-state index in [4.69, 9.17) is 5.11 Å². The van der Waals surface area contributed by atoms with Gasteiger partial charge in [-0.2, -0.15) is 0 Å². The molecule has 2 rings (SSSR count). The molecule has 2 nitrogen and oxygen atoms in total. The lowest BCUT2D eigenvalue weighted by molar-refractivity contribution is 0.281. The SMILES string of the molecule is OCc1cc(F)cnc1-c1cccc(F)c1. The molecule has 1 heterocycles. The normalized spacial score (nSPS) is 10.4. The number of nitrogens with zero attached hydrogens (tertiary/aromatic N) is 1. The number of pyridine rings is 1. The van der Waals surface area contributed by atoms with Crippen LogP contribution in [0.25, 0.3) is 11.3 Å². The summed E-state index contributed by atoms with van der Waals surface area (Å²) >= 11 is 0. The highest BCUT2D eigenvalue weighted by atomic mass is 19.1. The van der Waals surface area contributed by atoms with Crippen LogP contribution in [0.2, 0.25) is 0 Å². The van der Waals surface area contributed by atoms with Crippen molar-refractivity contribution in [1.82, 2.24) is 4.98 Å². The van der Waals surface area contributed by atoms with Gasteiger partial charge in [-0.15, -0.1) is 0 Å². The minimum absolute atomic E-state index is 0.337. The van der Waals surface area contributed by atoms with E-state index in [0.717, 1.165) is 6.20 Å². The second-order valence-corrected chi connectivity index (χ2v) is 3.33. The average molecular weight is 221 g/mol. The zero-order valence-corrected chi connectivity index (χ0v) is 8.32. The van der Waals surface area contributed by atoms with Crippen LogP contribution in [0.15, 0.2) is 36.5 Å². The smallest absolute Gasteiger partial charge is 0.141 e. The molecular formula is C12H9F2NO. The molecule has 0 aliphatic carbocycles. The third-order valence-corrected chi connectivity index (χ3v) is 2.20. The van der Waals surface area contributed by atoms with E-state index in [0.29, 0.717) is 16.8 Å². The van der Waals surface area contributed by atoms with Crippen molar-refractivity contribution < 1.29 is 13.9 Å². The summed E-state index contributed by atoms with van der Waals surface area (Å²) in [5.41, 5.74) is 1.25.